The Labute approximate surface area is 217 Å². The summed E-state index contributed by atoms with van der Waals surface area (Å²) < 4.78 is 35.4. The summed E-state index contributed by atoms with van der Waals surface area (Å²) in [4.78, 5) is 9.20. The Bertz CT molecular complexity index is 1560. The van der Waals surface area contributed by atoms with Crippen molar-refractivity contribution in [3.05, 3.63) is 95.1 Å². The molecule has 1 saturated carbocycles. The molecule has 37 heavy (non-hydrogen) atoms. The summed E-state index contributed by atoms with van der Waals surface area (Å²) in [6, 6.07) is 23.1. The number of sulfonamides is 1. The summed E-state index contributed by atoms with van der Waals surface area (Å²) in [6.07, 6.45) is 2.14. The molecule has 1 unspecified atom stereocenters. The van der Waals surface area contributed by atoms with Crippen LogP contribution in [0.25, 0.3) is 11.3 Å². The van der Waals surface area contributed by atoms with Gasteiger partial charge in [0.05, 0.1) is 17.1 Å². The maximum absolute atomic E-state index is 13.2. The highest BCUT2D eigenvalue weighted by Gasteiger charge is 2.25. The standard InChI is InChI=1S/C29H28N4O3S/c1-18-5-3-6-19(2)28(18)25-16-27-32-29(31-25)33-37(34,35)24-8-4-7-23(15-24)30-17-26(36-27)22-13-11-21(12-14-22)20-9-10-20/h3-8,11-16,20,26,30H,9-10,17H2,1-2H3,(H,31,32,33). The molecule has 8 heteroatoms. The monoisotopic (exact) mass is 512 g/mol. The molecule has 1 aliphatic heterocycles. The molecular weight excluding hydrogens is 484 g/mol. The predicted octanol–water partition coefficient (Wildman–Crippen LogP) is 5.98. The first kappa shape index (κ1) is 23.5. The van der Waals surface area contributed by atoms with Gasteiger partial charge < -0.3 is 10.1 Å². The lowest BCUT2D eigenvalue weighted by Crippen LogP contribution is -2.21. The van der Waals surface area contributed by atoms with Gasteiger partial charge in [-0.1, -0.05) is 48.5 Å². The van der Waals surface area contributed by atoms with E-state index in [0.717, 1.165) is 22.3 Å². The number of benzene rings is 3. The summed E-state index contributed by atoms with van der Waals surface area (Å²) in [5, 5.41) is 3.35. The Morgan fingerprint density at radius 3 is 2.30 bits per heavy atom. The van der Waals surface area contributed by atoms with Gasteiger partial charge >= 0.3 is 0 Å². The first-order chi connectivity index (χ1) is 17.9. The summed E-state index contributed by atoms with van der Waals surface area (Å²) in [7, 11) is -3.91. The van der Waals surface area contributed by atoms with E-state index < -0.39 is 10.0 Å². The fourth-order valence-corrected chi connectivity index (χ4v) is 5.80. The quantitative estimate of drug-likeness (QED) is 0.351. The fraction of sp³-hybridized carbons (Fsp3) is 0.241. The molecule has 7 nitrogen and oxygen atoms in total. The predicted molar refractivity (Wildman–Crippen MR) is 144 cm³/mol. The Balaban J connectivity index is 1.47. The second kappa shape index (κ2) is 9.19. The molecule has 0 saturated heterocycles. The average molecular weight is 513 g/mol. The Kier molecular flexibility index (Phi) is 5.83. The zero-order chi connectivity index (χ0) is 25.6. The number of aromatic nitrogens is 2. The number of hydrogen-bond donors (Lipinski definition) is 2. The van der Waals surface area contributed by atoms with Crippen LogP contribution in [-0.4, -0.2) is 24.9 Å². The van der Waals surface area contributed by atoms with Gasteiger partial charge in [-0.15, -0.1) is 0 Å². The number of fused-ring (bicyclic) bond motifs is 4. The number of nitrogens with zero attached hydrogens (tertiary/aromatic N) is 2. The van der Waals surface area contributed by atoms with Gasteiger partial charge in [-0.25, -0.2) is 18.1 Å². The molecule has 2 N–H and O–H groups in total. The van der Waals surface area contributed by atoms with Crippen LogP contribution in [0, 0.1) is 13.8 Å². The molecule has 1 atom stereocenters. The summed E-state index contributed by atoms with van der Waals surface area (Å²) in [5.41, 5.74) is 6.63. The molecule has 188 valence electrons. The average Bonchev–Trinajstić information content (AvgIpc) is 3.72. The Morgan fingerprint density at radius 1 is 0.865 bits per heavy atom. The van der Waals surface area contributed by atoms with Crippen molar-refractivity contribution < 1.29 is 13.2 Å². The second-order valence-electron chi connectivity index (χ2n) is 9.74. The Hall–Kier alpha value is -3.91. The smallest absolute Gasteiger partial charge is 0.264 e. The first-order valence-electron chi connectivity index (χ1n) is 12.4. The fourth-order valence-electron chi connectivity index (χ4n) is 4.81. The van der Waals surface area contributed by atoms with E-state index in [1.165, 1.54) is 18.4 Å². The lowest BCUT2D eigenvalue weighted by molar-refractivity contribution is 0.210. The van der Waals surface area contributed by atoms with Gasteiger partial charge in [0.1, 0.15) is 6.10 Å². The van der Waals surface area contributed by atoms with Crippen LogP contribution < -0.4 is 14.8 Å². The third-order valence-electron chi connectivity index (χ3n) is 6.92. The molecule has 0 amide bonds. The topological polar surface area (TPSA) is 93.2 Å². The van der Waals surface area contributed by atoms with Crippen LogP contribution in [-0.2, 0) is 10.0 Å². The van der Waals surface area contributed by atoms with Crippen molar-refractivity contribution in [3.63, 3.8) is 0 Å². The van der Waals surface area contributed by atoms with Crippen molar-refractivity contribution in [1.29, 1.82) is 0 Å². The van der Waals surface area contributed by atoms with Gasteiger partial charge in [0, 0.05) is 17.3 Å². The highest BCUT2D eigenvalue weighted by molar-refractivity contribution is 7.92. The molecule has 1 aromatic heterocycles. The van der Waals surface area contributed by atoms with Crippen LogP contribution in [0.4, 0.5) is 11.6 Å². The molecule has 6 rings (SSSR count). The minimum atomic E-state index is -3.91. The van der Waals surface area contributed by atoms with Gasteiger partial charge in [0.25, 0.3) is 10.0 Å². The van der Waals surface area contributed by atoms with Crippen LogP contribution in [0.3, 0.4) is 0 Å². The molecule has 0 spiro atoms. The molecule has 0 radical (unpaired) electrons. The number of ether oxygens (including phenoxy) is 1. The van der Waals surface area contributed by atoms with Gasteiger partial charge in [0.15, 0.2) is 0 Å². The highest BCUT2D eigenvalue weighted by Crippen LogP contribution is 2.40. The van der Waals surface area contributed by atoms with E-state index in [1.54, 1.807) is 24.3 Å². The van der Waals surface area contributed by atoms with Crippen LogP contribution >= 0.6 is 0 Å². The molecule has 1 fully saturated rings. The van der Waals surface area contributed by atoms with E-state index in [0.29, 0.717) is 29.7 Å². The van der Waals surface area contributed by atoms with Crippen molar-refractivity contribution in [3.8, 4) is 17.1 Å². The normalized spacial score (nSPS) is 18.4. The van der Waals surface area contributed by atoms with E-state index in [1.807, 2.05) is 38.1 Å². The van der Waals surface area contributed by atoms with Gasteiger partial charge in [-0.05, 0) is 73.1 Å². The zero-order valence-corrected chi connectivity index (χ0v) is 21.5. The lowest BCUT2D eigenvalue weighted by Gasteiger charge is -2.22. The third-order valence-corrected chi connectivity index (χ3v) is 8.25. The molecule has 1 aliphatic carbocycles. The number of rotatable bonds is 3. The van der Waals surface area contributed by atoms with E-state index in [4.69, 9.17) is 4.74 Å². The van der Waals surface area contributed by atoms with E-state index in [-0.39, 0.29) is 16.9 Å². The van der Waals surface area contributed by atoms with Gasteiger partial charge in [-0.3, -0.25) is 0 Å². The molecule has 2 aliphatic rings. The van der Waals surface area contributed by atoms with Crippen molar-refractivity contribution in [1.82, 2.24) is 9.97 Å². The van der Waals surface area contributed by atoms with E-state index >= 15 is 0 Å². The molecule has 4 bridgehead atoms. The minimum absolute atomic E-state index is 0.0306. The Morgan fingerprint density at radius 2 is 1.57 bits per heavy atom. The third kappa shape index (κ3) is 4.89. The van der Waals surface area contributed by atoms with Crippen molar-refractivity contribution in [2.45, 2.75) is 43.6 Å². The van der Waals surface area contributed by atoms with Gasteiger partial charge in [-0.2, -0.15) is 4.98 Å². The molecule has 3 aromatic carbocycles. The van der Waals surface area contributed by atoms with Crippen LogP contribution in [0.1, 0.15) is 47.1 Å². The molecule has 2 heterocycles. The largest absolute Gasteiger partial charge is 0.467 e. The number of anilines is 2. The number of aryl methyl sites for hydroxylation is 2. The van der Waals surface area contributed by atoms with Gasteiger partial charge in [0.2, 0.25) is 11.8 Å². The SMILES string of the molecule is Cc1cccc(C)c1-c1cc2nc(n1)NS(=O)(=O)c1cccc(c1)NCC(c1ccc(C3CC3)cc1)O2. The maximum atomic E-state index is 13.2. The van der Waals surface area contributed by atoms with E-state index in [9.17, 15) is 8.42 Å². The zero-order valence-electron chi connectivity index (χ0n) is 20.7. The molecule has 4 aromatic rings. The molecular formula is C29H28N4O3S. The second-order valence-corrected chi connectivity index (χ2v) is 11.4. The summed E-state index contributed by atoms with van der Waals surface area (Å²) in [6.45, 7) is 4.44. The lowest BCUT2D eigenvalue weighted by atomic mass is 10.00. The number of hydrogen-bond acceptors (Lipinski definition) is 6. The van der Waals surface area contributed by atoms with Crippen LogP contribution in [0.5, 0.6) is 5.88 Å². The summed E-state index contributed by atoms with van der Waals surface area (Å²) in [5.74, 6) is 0.939. The number of nitrogens with one attached hydrogen (secondary N) is 2. The van der Waals surface area contributed by atoms with Crippen molar-refractivity contribution in [2.24, 2.45) is 0 Å². The van der Waals surface area contributed by atoms with Crippen LogP contribution in [0.15, 0.2) is 77.7 Å². The minimum Gasteiger partial charge on any atom is -0.467 e. The van der Waals surface area contributed by atoms with Crippen molar-refractivity contribution >= 4 is 21.7 Å². The van der Waals surface area contributed by atoms with Crippen molar-refractivity contribution in [2.75, 3.05) is 16.6 Å². The highest BCUT2D eigenvalue weighted by atomic mass is 32.2. The first-order valence-corrected chi connectivity index (χ1v) is 13.9. The summed E-state index contributed by atoms with van der Waals surface area (Å²) >= 11 is 0. The van der Waals surface area contributed by atoms with Crippen LogP contribution in [0.2, 0.25) is 0 Å². The van der Waals surface area contributed by atoms with E-state index in [2.05, 4.69) is 44.3 Å². The maximum Gasteiger partial charge on any atom is 0.264 e.